The molecule has 2 N–H and O–H groups in total. The monoisotopic (exact) mass is 361 g/mol. The second-order valence-electron chi connectivity index (χ2n) is 6.77. The fourth-order valence-electron chi connectivity index (χ4n) is 3.49. The Balaban J connectivity index is 1.59. The van der Waals surface area contributed by atoms with E-state index in [0.717, 1.165) is 42.9 Å². The summed E-state index contributed by atoms with van der Waals surface area (Å²) in [6, 6.07) is 17.7. The Labute approximate surface area is 158 Å². The molecule has 1 aliphatic rings. The van der Waals surface area contributed by atoms with Crippen LogP contribution in [0.25, 0.3) is 11.3 Å². The summed E-state index contributed by atoms with van der Waals surface area (Å²) in [5.41, 5.74) is 3.18. The molecule has 1 amide bonds. The molecule has 6 heteroatoms. The van der Waals surface area contributed by atoms with Gasteiger partial charge in [-0.05, 0) is 44.1 Å². The van der Waals surface area contributed by atoms with E-state index in [0.29, 0.717) is 12.2 Å². The number of hydrogen-bond acceptors (Lipinski definition) is 4. The second-order valence-corrected chi connectivity index (χ2v) is 6.77. The number of pyridine rings is 1. The van der Waals surface area contributed by atoms with Crippen LogP contribution in [0.2, 0.25) is 0 Å². The first-order valence-corrected chi connectivity index (χ1v) is 9.34. The highest BCUT2D eigenvalue weighted by atomic mass is 16.2. The molecule has 2 aromatic heterocycles. The van der Waals surface area contributed by atoms with Crippen LogP contribution in [0.15, 0.2) is 60.8 Å². The van der Waals surface area contributed by atoms with Crippen LogP contribution >= 0.6 is 0 Å². The van der Waals surface area contributed by atoms with Crippen molar-refractivity contribution < 1.29 is 4.79 Å². The van der Waals surface area contributed by atoms with Gasteiger partial charge in [0.25, 0.3) is 5.91 Å². The third-order valence-electron chi connectivity index (χ3n) is 4.95. The van der Waals surface area contributed by atoms with E-state index in [4.69, 9.17) is 0 Å². The lowest BCUT2D eigenvalue weighted by atomic mass is 10.0. The molecular formula is C21H23N5O. The number of hydrogen-bond donors (Lipinski definition) is 2. The number of amides is 1. The molecule has 0 unspecified atom stereocenters. The average Bonchev–Trinajstić information content (AvgIpc) is 3.24. The summed E-state index contributed by atoms with van der Waals surface area (Å²) >= 11 is 0. The molecule has 1 aromatic carbocycles. The van der Waals surface area contributed by atoms with E-state index in [-0.39, 0.29) is 11.9 Å². The number of benzene rings is 1. The van der Waals surface area contributed by atoms with Crippen molar-refractivity contribution in [3.05, 3.63) is 72.2 Å². The molecule has 0 radical (unpaired) electrons. The third-order valence-corrected chi connectivity index (χ3v) is 4.95. The summed E-state index contributed by atoms with van der Waals surface area (Å²) in [6.45, 7) is 2.36. The van der Waals surface area contributed by atoms with Crippen LogP contribution < -0.4 is 5.32 Å². The zero-order valence-electron chi connectivity index (χ0n) is 15.1. The predicted molar refractivity (Wildman–Crippen MR) is 104 cm³/mol. The lowest BCUT2D eigenvalue weighted by Gasteiger charge is -2.34. The number of carbonyl (C=O) groups is 1. The van der Waals surface area contributed by atoms with Crippen molar-refractivity contribution in [3.63, 3.8) is 0 Å². The zero-order valence-corrected chi connectivity index (χ0v) is 15.1. The van der Waals surface area contributed by atoms with Crippen molar-refractivity contribution in [2.45, 2.75) is 25.4 Å². The number of aromatic amines is 1. The molecule has 1 aliphatic heterocycles. The molecular weight excluding hydrogens is 338 g/mol. The normalized spacial score (nSPS) is 14.8. The predicted octanol–water partition coefficient (Wildman–Crippen LogP) is 2.87. The quantitative estimate of drug-likeness (QED) is 0.733. The van der Waals surface area contributed by atoms with Crippen molar-refractivity contribution in [2.75, 3.05) is 13.1 Å². The van der Waals surface area contributed by atoms with Gasteiger partial charge in [-0.2, -0.15) is 5.10 Å². The highest BCUT2D eigenvalue weighted by Crippen LogP contribution is 2.21. The van der Waals surface area contributed by atoms with E-state index in [1.54, 1.807) is 6.20 Å². The van der Waals surface area contributed by atoms with Crippen LogP contribution in [0, 0.1) is 0 Å². The Hall–Kier alpha value is -2.99. The molecule has 138 valence electrons. The molecule has 1 saturated heterocycles. The fourth-order valence-corrected chi connectivity index (χ4v) is 3.49. The largest absolute Gasteiger partial charge is 0.328 e. The Bertz CT molecular complexity index is 872. The number of H-pyrrole nitrogens is 1. The van der Waals surface area contributed by atoms with Gasteiger partial charge in [0.1, 0.15) is 5.69 Å². The van der Waals surface area contributed by atoms with Crippen LogP contribution in [0.3, 0.4) is 0 Å². The van der Waals surface area contributed by atoms with Crippen LogP contribution in [-0.4, -0.2) is 45.1 Å². The van der Waals surface area contributed by atoms with Crippen LogP contribution in [0.5, 0.6) is 0 Å². The van der Waals surface area contributed by atoms with Gasteiger partial charge in [-0.1, -0.05) is 36.4 Å². The molecule has 6 nitrogen and oxygen atoms in total. The number of rotatable bonds is 5. The first-order chi connectivity index (χ1) is 13.3. The van der Waals surface area contributed by atoms with Crippen molar-refractivity contribution in [1.82, 2.24) is 25.4 Å². The van der Waals surface area contributed by atoms with Gasteiger partial charge >= 0.3 is 0 Å². The number of nitrogens with one attached hydrogen (secondary N) is 2. The highest BCUT2D eigenvalue weighted by Gasteiger charge is 2.28. The molecule has 0 saturated carbocycles. The van der Waals surface area contributed by atoms with E-state index < -0.39 is 0 Å². The van der Waals surface area contributed by atoms with Crippen LogP contribution in [-0.2, 0) is 6.54 Å². The topological polar surface area (TPSA) is 73.9 Å². The first-order valence-electron chi connectivity index (χ1n) is 9.34. The van der Waals surface area contributed by atoms with Crippen molar-refractivity contribution in [3.8, 4) is 11.3 Å². The SMILES string of the molecule is O=C(c1cc(-c2ccccc2)n[nH]1)N(Cc1ccccn1)C1CCNCC1. The van der Waals surface area contributed by atoms with Crippen molar-refractivity contribution >= 4 is 5.91 Å². The van der Waals surface area contributed by atoms with Crippen molar-refractivity contribution in [2.24, 2.45) is 0 Å². The Morgan fingerprint density at radius 1 is 1.07 bits per heavy atom. The van der Waals surface area contributed by atoms with E-state index >= 15 is 0 Å². The maximum Gasteiger partial charge on any atom is 0.272 e. The average molecular weight is 361 g/mol. The van der Waals surface area contributed by atoms with Crippen molar-refractivity contribution in [1.29, 1.82) is 0 Å². The minimum atomic E-state index is -0.0257. The van der Waals surface area contributed by atoms with Gasteiger partial charge in [-0.3, -0.25) is 14.9 Å². The molecule has 3 heterocycles. The summed E-state index contributed by atoms with van der Waals surface area (Å²) in [5, 5.41) is 10.6. The van der Waals surface area contributed by atoms with E-state index in [1.165, 1.54) is 0 Å². The Kier molecular flexibility index (Phi) is 5.25. The molecule has 3 aromatic rings. The zero-order chi connectivity index (χ0) is 18.5. The van der Waals surface area contributed by atoms with E-state index in [2.05, 4.69) is 20.5 Å². The molecule has 4 rings (SSSR count). The van der Waals surface area contributed by atoms with Gasteiger partial charge in [0, 0.05) is 17.8 Å². The summed E-state index contributed by atoms with van der Waals surface area (Å²) in [5.74, 6) is -0.0257. The Morgan fingerprint density at radius 2 is 1.85 bits per heavy atom. The molecule has 0 atom stereocenters. The van der Waals surface area contributed by atoms with Gasteiger partial charge < -0.3 is 10.2 Å². The summed E-state index contributed by atoms with van der Waals surface area (Å²) in [6.07, 6.45) is 3.65. The van der Waals surface area contributed by atoms with Gasteiger partial charge in [0.15, 0.2) is 0 Å². The first kappa shape index (κ1) is 17.4. The van der Waals surface area contributed by atoms with E-state index in [9.17, 15) is 4.79 Å². The smallest absolute Gasteiger partial charge is 0.272 e. The number of nitrogens with zero attached hydrogens (tertiary/aromatic N) is 3. The summed E-state index contributed by atoms with van der Waals surface area (Å²) in [4.78, 5) is 19.6. The standard InChI is InChI=1S/C21H23N5O/c27-21(20-14-19(24-25-20)16-6-2-1-3-7-16)26(18-9-12-22-13-10-18)15-17-8-4-5-11-23-17/h1-8,11,14,18,22H,9-10,12-13,15H2,(H,24,25). The van der Waals surface area contributed by atoms with Crippen LogP contribution in [0.4, 0.5) is 0 Å². The van der Waals surface area contributed by atoms with Gasteiger partial charge in [0.05, 0.1) is 17.9 Å². The van der Waals surface area contributed by atoms with Gasteiger partial charge in [-0.25, -0.2) is 0 Å². The summed E-state index contributed by atoms with van der Waals surface area (Å²) < 4.78 is 0. The van der Waals surface area contributed by atoms with Gasteiger partial charge in [0.2, 0.25) is 0 Å². The molecule has 0 spiro atoms. The molecule has 1 fully saturated rings. The number of aromatic nitrogens is 3. The minimum Gasteiger partial charge on any atom is -0.328 e. The van der Waals surface area contributed by atoms with Gasteiger partial charge in [-0.15, -0.1) is 0 Å². The molecule has 0 aliphatic carbocycles. The summed E-state index contributed by atoms with van der Waals surface area (Å²) in [7, 11) is 0. The lowest BCUT2D eigenvalue weighted by Crippen LogP contribution is -2.46. The third kappa shape index (κ3) is 4.06. The molecule has 0 bridgehead atoms. The fraction of sp³-hybridized carbons (Fsp3) is 0.286. The highest BCUT2D eigenvalue weighted by molar-refractivity contribution is 5.93. The molecule has 27 heavy (non-hydrogen) atoms. The minimum absolute atomic E-state index is 0.0257. The maximum absolute atomic E-state index is 13.3. The van der Waals surface area contributed by atoms with Crippen LogP contribution in [0.1, 0.15) is 29.0 Å². The lowest BCUT2D eigenvalue weighted by molar-refractivity contribution is 0.0614. The second kappa shape index (κ2) is 8.14. The Morgan fingerprint density at radius 3 is 2.59 bits per heavy atom. The number of piperidine rings is 1. The maximum atomic E-state index is 13.3. The number of carbonyl (C=O) groups excluding carboxylic acids is 1. The van der Waals surface area contributed by atoms with E-state index in [1.807, 2.05) is 59.5 Å².